The Hall–Kier alpha value is -2.33. The molecule has 11 heteroatoms. The highest BCUT2D eigenvalue weighted by atomic mass is 31.2. The fourth-order valence-corrected chi connectivity index (χ4v) is 6.63. The predicted octanol–water partition coefficient (Wildman–Crippen LogP) is 11.9. The van der Waals surface area contributed by atoms with Gasteiger partial charge in [-0.3, -0.25) is 18.6 Å². The number of allylic oxidation sites excluding steroid dienone is 9. The molecule has 3 atom stereocenters. The molecule has 57 heavy (non-hydrogen) atoms. The third kappa shape index (κ3) is 41.6. The molecule has 0 aliphatic carbocycles. The first-order chi connectivity index (χ1) is 27.7. The fourth-order valence-electron chi connectivity index (χ4n) is 5.84. The predicted molar refractivity (Wildman–Crippen MR) is 233 cm³/mol. The number of aliphatic hydroxyl groups is 2. The first kappa shape index (κ1) is 54.7. The van der Waals surface area contributed by atoms with Crippen LogP contribution in [0, 0.1) is 0 Å². The van der Waals surface area contributed by atoms with Gasteiger partial charge in [-0.15, -0.1) is 6.58 Å². The van der Waals surface area contributed by atoms with Crippen molar-refractivity contribution in [1.82, 2.24) is 0 Å². The number of phosphoric ester groups is 1. The molecule has 1 unspecified atom stereocenters. The number of ether oxygens (including phenoxy) is 2. The standard InChI is InChI=1S/C46H81O10P/c1-3-5-7-9-11-13-15-17-19-20-21-22-24-25-27-29-31-33-35-37-45(49)53-41-44(42-55-57(51,52)54-40-43(48)39-47)56-46(50)38-36-34-32-30-28-26-23-18-16-14-12-10-8-6-4-2/h4,11,13,17,19,21-22,25,27,43-44,47-48H,2-3,5-10,12,14-16,18,20,23-24,26,28-42H2,1H3,(H,51,52)/b13-11+,19-17+,22-21+,27-25+/t43-,44+/m0/s1. The number of rotatable bonds is 42. The summed E-state index contributed by atoms with van der Waals surface area (Å²) in [7, 11) is -4.63. The molecule has 0 aromatic heterocycles. The van der Waals surface area contributed by atoms with Crippen LogP contribution < -0.4 is 0 Å². The average molecular weight is 825 g/mol. The molecule has 3 N–H and O–H groups in total. The first-order valence-corrected chi connectivity index (χ1v) is 23.7. The van der Waals surface area contributed by atoms with E-state index in [4.69, 9.17) is 19.1 Å². The van der Waals surface area contributed by atoms with E-state index in [1.165, 1.54) is 83.5 Å². The Morgan fingerprint density at radius 3 is 1.51 bits per heavy atom. The van der Waals surface area contributed by atoms with Crippen LogP contribution in [0.25, 0.3) is 0 Å². The number of hydrogen-bond acceptors (Lipinski definition) is 9. The molecular formula is C46H81O10P. The molecule has 0 bridgehead atoms. The SMILES string of the molecule is C=CCCCCCCCCCCCCCCCC(=O)O[C@H](COC(=O)CCCCC/C=C/C/C=C/C/C=C/C/C=C/CCCCC)COP(=O)(O)OC[C@@H](O)CO. The number of carbonyl (C=O) groups excluding carboxylic acids is 2. The van der Waals surface area contributed by atoms with Crippen LogP contribution >= 0.6 is 7.82 Å². The summed E-state index contributed by atoms with van der Waals surface area (Å²) >= 11 is 0. The van der Waals surface area contributed by atoms with E-state index < -0.39 is 51.8 Å². The normalized spacial score (nSPS) is 14.2. The highest BCUT2D eigenvalue weighted by molar-refractivity contribution is 7.47. The lowest BCUT2D eigenvalue weighted by Crippen LogP contribution is -2.29. The zero-order chi connectivity index (χ0) is 41.9. The Labute approximate surface area is 346 Å². The molecule has 0 fully saturated rings. The molecule has 0 aliphatic heterocycles. The largest absolute Gasteiger partial charge is 0.472 e. The average Bonchev–Trinajstić information content (AvgIpc) is 3.20. The summed E-state index contributed by atoms with van der Waals surface area (Å²) in [6.45, 7) is 3.83. The van der Waals surface area contributed by atoms with Gasteiger partial charge in [0, 0.05) is 12.8 Å². The van der Waals surface area contributed by atoms with Crippen LogP contribution in [0.3, 0.4) is 0 Å². The van der Waals surface area contributed by atoms with Crippen LogP contribution in [0.2, 0.25) is 0 Å². The van der Waals surface area contributed by atoms with E-state index in [1.807, 2.05) is 6.08 Å². The molecule has 330 valence electrons. The summed E-state index contributed by atoms with van der Waals surface area (Å²) in [6.07, 6.45) is 45.0. The van der Waals surface area contributed by atoms with Gasteiger partial charge in [-0.2, -0.15) is 0 Å². The third-order valence-corrected chi connectivity index (χ3v) is 10.2. The smallest absolute Gasteiger partial charge is 0.462 e. The van der Waals surface area contributed by atoms with Crippen molar-refractivity contribution in [3.8, 4) is 0 Å². The van der Waals surface area contributed by atoms with Gasteiger partial charge in [-0.05, 0) is 70.6 Å². The summed E-state index contributed by atoms with van der Waals surface area (Å²) in [4.78, 5) is 35.0. The van der Waals surface area contributed by atoms with Crippen LogP contribution in [0.15, 0.2) is 61.3 Å². The Kier molecular flexibility index (Phi) is 40.1. The van der Waals surface area contributed by atoms with E-state index in [-0.39, 0.29) is 19.4 Å². The second-order valence-electron chi connectivity index (χ2n) is 14.8. The molecule has 0 radical (unpaired) electrons. The molecule has 10 nitrogen and oxygen atoms in total. The molecule has 0 aliphatic rings. The molecular weight excluding hydrogens is 743 g/mol. The molecule has 0 aromatic rings. The van der Waals surface area contributed by atoms with E-state index in [2.05, 4.69) is 66.6 Å². The molecule has 0 rings (SSSR count). The Balaban J connectivity index is 4.33. The summed E-state index contributed by atoms with van der Waals surface area (Å²) < 4.78 is 32.7. The minimum absolute atomic E-state index is 0.173. The van der Waals surface area contributed by atoms with Gasteiger partial charge < -0.3 is 24.6 Å². The third-order valence-electron chi connectivity index (χ3n) is 9.29. The lowest BCUT2D eigenvalue weighted by Gasteiger charge is -2.20. The van der Waals surface area contributed by atoms with E-state index in [9.17, 15) is 24.2 Å². The van der Waals surface area contributed by atoms with Crippen LogP contribution in [0.4, 0.5) is 0 Å². The van der Waals surface area contributed by atoms with Gasteiger partial charge in [0.2, 0.25) is 0 Å². The van der Waals surface area contributed by atoms with E-state index >= 15 is 0 Å². The summed E-state index contributed by atoms with van der Waals surface area (Å²) in [6, 6.07) is 0. The zero-order valence-electron chi connectivity index (χ0n) is 35.6. The Morgan fingerprint density at radius 2 is 1.00 bits per heavy atom. The quantitative estimate of drug-likeness (QED) is 0.0235. The van der Waals surface area contributed by atoms with Crippen LogP contribution in [0.1, 0.15) is 180 Å². The Bertz CT molecular complexity index is 1120. The van der Waals surface area contributed by atoms with Crippen LogP contribution in [0.5, 0.6) is 0 Å². The van der Waals surface area contributed by atoms with Crippen molar-refractivity contribution in [2.24, 2.45) is 0 Å². The summed E-state index contributed by atoms with van der Waals surface area (Å²) in [5, 5.41) is 18.3. The summed E-state index contributed by atoms with van der Waals surface area (Å²) in [5.74, 6) is -0.965. The summed E-state index contributed by atoms with van der Waals surface area (Å²) in [5.41, 5.74) is 0. The maximum atomic E-state index is 12.6. The molecule has 0 spiro atoms. The second-order valence-corrected chi connectivity index (χ2v) is 16.3. The molecule has 0 saturated heterocycles. The van der Waals surface area contributed by atoms with E-state index in [0.29, 0.717) is 12.8 Å². The van der Waals surface area contributed by atoms with Crippen molar-refractivity contribution in [3.63, 3.8) is 0 Å². The highest BCUT2D eigenvalue weighted by Crippen LogP contribution is 2.43. The lowest BCUT2D eigenvalue weighted by molar-refractivity contribution is -0.161. The molecule has 0 heterocycles. The molecule has 0 saturated carbocycles. The van der Waals surface area contributed by atoms with Crippen LogP contribution in [-0.2, 0) is 32.7 Å². The Morgan fingerprint density at radius 1 is 0.579 bits per heavy atom. The number of carbonyl (C=O) groups is 2. The van der Waals surface area contributed by atoms with Crippen molar-refractivity contribution in [1.29, 1.82) is 0 Å². The maximum absolute atomic E-state index is 12.6. The number of esters is 2. The number of phosphoric acid groups is 1. The number of unbranched alkanes of at least 4 members (excludes halogenated alkanes) is 19. The fraction of sp³-hybridized carbons (Fsp3) is 0.739. The van der Waals surface area contributed by atoms with E-state index in [0.717, 1.165) is 64.2 Å². The van der Waals surface area contributed by atoms with Gasteiger partial charge in [0.15, 0.2) is 6.10 Å². The van der Waals surface area contributed by atoms with Gasteiger partial charge in [-0.1, -0.05) is 151 Å². The van der Waals surface area contributed by atoms with Gasteiger partial charge in [-0.25, -0.2) is 4.57 Å². The van der Waals surface area contributed by atoms with Crippen molar-refractivity contribution < 1.29 is 47.8 Å². The zero-order valence-corrected chi connectivity index (χ0v) is 36.5. The number of hydrogen-bond donors (Lipinski definition) is 3. The van der Waals surface area contributed by atoms with Crippen molar-refractivity contribution in [2.75, 3.05) is 26.4 Å². The van der Waals surface area contributed by atoms with E-state index in [1.54, 1.807) is 0 Å². The minimum Gasteiger partial charge on any atom is -0.462 e. The van der Waals surface area contributed by atoms with Crippen LogP contribution in [-0.4, -0.2) is 65.7 Å². The van der Waals surface area contributed by atoms with Crippen molar-refractivity contribution >= 4 is 19.8 Å². The second kappa shape index (κ2) is 41.8. The molecule has 0 amide bonds. The topological polar surface area (TPSA) is 149 Å². The first-order valence-electron chi connectivity index (χ1n) is 22.2. The maximum Gasteiger partial charge on any atom is 0.472 e. The molecule has 0 aromatic carbocycles. The number of aliphatic hydroxyl groups excluding tert-OH is 2. The van der Waals surface area contributed by atoms with Gasteiger partial charge in [0.1, 0.15) is 12.7 Å². The minimum atomic E-state index is -4.63. The lowest BCUT2D eigenvalue weighted by atomic mass is 10.0. The van der Waals surface area contributed by atoms with Crippen molar-refractivity contribution in [2.45, 2.75) is 192 Å². The van der Waals surface area contributed by atoms with Crippen molar-refractivity contribution in [3.05, 3.63) is 61.3 Å². The van der Waals surface area contributed by atoms with Gasteiger partial charge in [0.05, 0.1) is 19.8 Å². The van der Waals surface area contributed by atoms with Gasteiger partial charge in [0.25, 0.3) is 0 Å². The highest BCUT2D eigenvalue weighted by Gasteiger charge is 2.27. The monoisotopic (exact) mass is 825 g/mol. The van der Waals surface area contributed by atoms with Gasteiger partial charge >= 0.3 is 19.8 Å².